The fraction of sp³-hybridized carbons (Fsp3) is 0.500. The quantitative estimate of drug-likeness (QED) is 0.840. The van der Waals surface area contributed by atoms with Gasteiger partial charge in [-0.25, -0.2) is 13.1 Å². The van der Waals surface area contributed by atoms with Crippen LogP contribution in [0.2, 0.25) is 0 Å². The lowest BCUT2D eigenvalue weighted by atomic mass is 10.1. The van der Waals surface area contributed by atoms with Crippen molar-refractivity contribution in [3.05, 3.63) is 29.8 Å². The second-order valence-corrected chi connectivity index (χ2v) is 6.46. The summed E-state index contributed by atoms with van der Waals surface area (Å²) in [5.41, 5.74) is 1.03. The number of aryl methyl sites for hydroxylation is 1. The van der Waals surface area contributed by atoms with E-state index >= 15 is 0 Å². The third kappa shape index (κ3) is 3.98. The Morgan fingerprint density at radius 2 is 1.76 bits per heavy atom. The molecule has 1 aromatic carbocycles. The molecule has 5 heteroatoms. The summed E-state index contributed by atoms with van der Waals surface area (Å²) in [7, 11) is -3.47. The minimum atomic E-state index is -3.47. The molecule has 96 valence electrons. The third-order valence-electron chi connectivity index (χ3n) is 2.61. The van der Waals surface area contributed by atoms with Crippen LogP contribution in [0.15, 0.2) is 29.2 Å². The number of nitrogens with one attached hydrogen (secondary N) is 1. The number of sulfonamides is 1. The largest absolute Gasteiger partial charge is 0.240 e. The third-order valence-corrected chi connectivity index (χ3v) is 4.45. The molecule has 1 atom stereocenters. The lowest BCUT2D eigenvalue weighted by Crippen LogP contribution is -2.39. The van der Waals surface area contributed by atoms with Crippen LogP contribution in [-0.4, -0.2) is 20.3 Å². The molecule has 1 rings (SSSR count). The molecule has 17 heavy (non-hydrogen) atoms. The van der Waals surface area contributed by atoms with E-state index in [0.29, 0.717) is 0 Å². The summed E-state index contributed by atoms with van der Waals surface area (Å²) in [4.78, 5) is 0.277. The SMILES string of the molecule is Cc1ccc(S(=O)(=O)NC(CCl)C(C)C)cc1. The van der Waals surface area contributed by atoms with Gasteiger partial charge in [-0.05, 0) is 25.0 Å². The predicted octanol–water partition coefficient (Wildman–Crippen LogP) is 2.54. The van der Waals surface area contributed by atoms with Crippen LogP contribution in [-0.2, 0) is 10.0 Å². The summed E-state index contributed by atoms with van der Waals surface area (Å²) in [6.45, 7) is 5.79. The smallest absolute Gasteiger partial charge is 0.207 e. The molecule has 1 N–H and O–H groups in total. The number of halogens is 1. The predicted molar refractivity (Wildman–Crippen MR) is 70.8 cm³/mol. The standard InChI is InChI=1S/C12H18ClNO2S/c1-9(2)12(8-13)14-17(15,16)11-6-4-10(3)5-7-11/h4-7,9,12,14H,8H2,1-3H3. The Morgan fingerprint density at radius 1 is 1.24 bits per heavy atom. The van der Waals surface area contributed by atoms with Crippen LogP contribution in [0.1, 0.15) is 19.4 Å². The van der Waals surface area contributed by atoms with Gasteiger partial charge in [-0.15, -0.1) is 11.6 Å². The van der Waals surface area contributed by atoms with E-state index in [-0.39, 0.29) is 22.7 Å². The zero-order chi connectivity index (χ0) is 13.1. The maximum Gasteiger partial charge on any atom is 0.240 e. The first-order valence-electron chi connectivity index (χ1n) is 5.52. The van der Waals surface area contributed by atoms with Gasteiger partial charge in [0.25, 0.3) is 0 Å². The van der Waals surface area contributed by atoms with Crippen LogP contribution in [0.5, 0.6) is 0 Å². The van der Waals surface area contributed by atoms with Crippen LogP contribution in [0, 0.1) is 12.8 Å². The Labute approximate surface area is 108 Å². The molecular weight excluding hydrogens is 258 g/mol. The molecule has 0 aliphatic carbocycles. The van der Waals surface area contributed by atoms with E-state index in [0.717, 1.165) is 5.56 Å². The summed E-state index contributed by atoms with van der Waals surface area (Å²) in [5.74, 6) is 0.427. The van der Waals surface area contributed by atoms with Gasteiger partial charge >= 0.3 is 0 Å². The van der Waals surface area contributed by atoms with Crippen molar-refractivity contribution < 1.29 is 8.42 Å². The highest BCUT2D eigenvalue weighted by Crippen LogP contribution is 2.13. The highest BCUT2D eigenvalue weighted by Gasteiger charge is 2.21. The molecule has 1 unspecified atom stereocenters. The van der Waals surface area contributed by atoms with E-state index in [1.165, 1.54) is 0 Å². The number of benzene rings is 1. The molecular formula is C12H18ClNO2S. The molecule has 0 radical (unpaired) electrons. The van der Waals surface area contributed by atoms with Crippen molar-refractivity contribution in [3.63, 3.8) is 0 Å². The molecule has 0 spiro atoms. The van der Waals surface area contributed by atoms with Gasteiger partial charge < -0.3 is 0 Å². The van der Waals surface area contributed by atoms with Gasteiger partial charge in [-0.3, -0.25) is 0 Å². The molecule has 0 bridgehead atoms. The number of rotatable bonds is 5. The topological polar surface area (TPSA) is 46.2 Å². The van der Waals surface area contributed by atoms with Crippen LogP contribution in [0.4, 0.5) is 0 Å². The average molecular weight is 276 g/mol. The van der Waals surface area contributed by atoms with Gasteiger partial charge in [0, 0.05) is 11.9 Å². The van der Waals surface area contributed by atoms with E-state index in [1.54, 1.807) is 24.3 Å². The van der Waals surface area contributed by atoms with Gasteiger partial charge in [-0.1, -0.05) is 31.5 Å². The van der Waals surface area contributed by atoms with E-state index in [9.17, 15) is 8.42 Å². The molecule has 0 amide bonds. The van der Waals surface area contributed by atoms with Crippen molar-refractivity contribution in [2.45, 2.75) is 31.7 Å². The molecule has 0 aromatic heterocycles. The molecule has 0 saturated carbocycles. The molecule has 0 aliphatic heterocycles. The lowest BCUT2D eigenvalue weighted by Gasteiger charge is -2.19. The van der Waals surface area contributed by atoms with Crippen molar-refractivity contribution in [1.29, 1.82) is 0 Å². The van der Waals surface area contributed by atoms with Crippen molar-refractivity contribution in [2.24, 2.45) is 5.92 Å². The number of alkyl halides is 1. The summed E-state index contributed by atoms with van der Waals surface area (Å²) in [6, 6.07) is 6.51. The first-order valence-corrected chi connectivity index (χ1v) is 7.53. The van der Waals surface area contributed by atoms with E-state index < -0.39 is 10.0 Å². The Kier molecular flexibility index (Phi) is 4.98. The van der Waals surface area contributed by atoms with E-state index in [2.05, 4.69) is 4.72 Å². The lowest BCUT2D eigenvalue weighted by molar-refractivity contribution is 0.480. The zero-order valence-corrected chi connectivity index (χ0v) is 11.8. The number of hydrogen-bond donors (Lipinski definition) is 1. The highest BCUT2D eigenvalue weighted by atomic mass is 35.5. The van der Waals surface area contributed by atoms with Gasteiger partial charge in [0.05, 0.1) is 4.90 Å². The Morgan fingerprint density at radius 3 is 2.18 bits per heavy atom. The Balaban J connectivity index is 2.92. The van der Waals surface area contributed by atoms with Gasteiger partial charge in [0.1, 0.15) is 0 Å². The van der Waals surface area contributed by atoms with Crippen molar-refractivity contribution in [2.75, 3.05) is 5.88 Å². The van der Waals surface area contributed by atoms with Gasteiger partial charge in [-0.2, -0.15) is 0 Å². The molecule has 0 fully saturated rings. The Hall–Kier alpha value is -0.580. The molecule has 0 heterocycles. The van der Waals surface area contributed by atoms with Crippen molar-refractivity contribution in [1.82, 2.24) is 4.72 Å². The maximum absolute atomic E-state index is 12.0. The van der Waals surface area contributed by atoms with Crippen LogP contribution in [0.3, 0.4) is 0 Å². The first-order chi connectivity index (χ1) is 7.86. The fourth-order valence-corrected chi connectivity index (χ4v) is 3.24. The van der Waals surface area contributed by atoms with E-state index in [4.69, 9.17) is 11.6 Å². The van der Waals surface area contributed by atoms with Gasteiger partial charge in [0.2, 0.25) is 10.0 Å². The minimum absolute atomic E-state index is 0.160. The maximum atomic E-state index is 12.0. The average Bonchev–Trinajstić information content (AvgIpc) is 2.26. The van der Waals surface area contributed by atoms with Gasteiger partial charge in [0.15, 0.2) is 0 Å². The van der Waals surface area contributed by atoms with Crippen molar-refractivity contribution >= 4 is 21.6 Å². The fourth-order valence-electron chi connectivity index (χ4n) is 1.33. The summed E-state index contributed by atoms with van der Waals surface area (Å²) in [6.07, 6.45) is 0. The molecule has 3 nitrogen and oxygen atoms in total. The highest BCUT2D eigenvalue weighted by molar-refractivity contribution is 7.89. The summed E-state index contributed by atoms with van der Waals surface area (Å²) < 4.78 is 26.7. The van der Waals surface area contributed by atoms with E-state index in [1.807, 2.05) is 20.8 Å². The zero-order valence-electron chi connectivity index (χ0n) is 10.3. The second kappa shape index (κ2) is 5.85. The second-order valence-electron chi connectivity index (χ2n) is 4.44. The molecule has 0 aliphatic rings. The normalized spacial score (nSPS) is 13.9. The molecule has 0 saturated heterocycles. The van der Waals surface area contributed by atoms with Crippen LogP contribution >= 0.6 is 11.6 Å². The van der Waals surface area contributed by atoms with Crippen molar-refractivity contribution in [3.8, 4) is 0 Å². The minimum Gasteiger partial charge on any atom is -0.207 e. The Bertz CT molecular complexity index is 454. The monoisotopic (exact) mass is 275 g/mol. The van der Waals surface area contributed by atoms with Crippen LogP contribution < -0.4 is 4.72 Å². The summed E-state index contributed by atoms with van der Waals surface area (Å²) in [5, 5.41) is 0. The molecule has 1 aromatic rings. The van der Waals surface area contributed by atoms with Crippen LogP contribution in [0.25, 0.3) is 0 Å². The summed E-state index contributed by atoms with van der Waals surface area (Å²) >= 11 is 5.75. The first kappa shape index (κ1) is 14.5. The number of hydrogen-bond acceptors (Lipinski definition) is 2.